The first-order chi connectivity index (χ1) is 13.8. The Kier molecular flexibility index (Phi) is 6.39. The Morgan fingerprint density at radius 1 is 1.14 bits per heavy atom. The molecule has 0 radical (unpaired) electrons. The fourth-order valence-corrected chi connectivity index (χ4v) is 3.74. The number of thioether (sulfide) groups is 1. The molecule has 7 heteroatoms. The highest BCUT2D eigenvalue weighted by molar-refractivity contribution is 8.18. The van der Waals surface area contributed by atoms with E-state index in [1.807, 2.05) is 68.4 Å². The van der Waals surface area contributed by atoms with E-state index in [0.717, 1.165) is 33.5 Å². The maximum Gasteiger partial charge on any atom is 0.293 e. The third-order valence-corrected chi connectivity index (χ3v) is 5.35. The van der Waals surface area contributed by atoms with Gasteiger partial charge < -0.3 is 10.2 Å². The average molecular weight is 410 g/mol. The van der Waals surface area contributed by atoms with Crippen LogP contribution in [0.4, 0.5) is 16.2 Å². The largest absolute Gasteiger partial charge is 0.378 e. The van der Waals surface area contributed by atoms with E-state index in [2.05, 4.69) is 5.32 Å². The zero-order valence-electron chi connectivity index (χ0n) is 16.6. The van der Waals surface area contributed by atoms with Crippen LogP contribution in [0.3, 0.4) is 0 Å². The lowest BCUT2D eigenvalue weighted by atomic mass is 10.2. The molecule has 3 rings (SSSR count). The molecular weight excluding hydrogens is 386 g/mol. The van der Waals surface area contributed by atoms with E-state index in [-0.39, 0.29) is 30.0 Å². The predicted molar refractivity (Wildman–Crippen MR) is 118 cm³/mol. The molecule has 2 aromatic rings. The molecule has 29 heavy (non-hydrogen) atoms. The lowest BCUT2D eigenvalue weighted by Gasteiger charge is -2.12. The normalized spacial score (nSPS) is 15.1. The number of imide groups is 1. The van der Waals surface area contributed by atoms with Crippen molar-refractivity contribution >= 4 is 46.3 Å². The summed E-state index contributed by atoms with van der Waals surface area (Å²) in [7, 11) is 3.91. The Hall–Kier alpha value is -3.06. The van der Waals surface area contributed by atoms with E-state index in [1.165, 1.54) is 0 Å². The number of nitrogens with zero attached hydrogens (tertiary/aromatic N) is 2. The highest BCUT2D eigenvalue weighted by atomic mass is 32.2. The van der Waals surface area contributed by atoms with Crippen LogP contribution in [0.2, 0.25) is 0 Å². The number of hydrogen-bond acceptors (Lipinski definition) is 5. The van der Waals surface area contributed by atoms with Gasteiger partial charge in [0.1, 0.15) is 0 Å². The van der Waals surface area contributed by atoms with Gasteiger partial charge in [0.2, 0.25) is 5.91 Å². The van der Waals surface area contributed by atoms with Crippen LogP contribution in [0, 0.1) is 6.92 Å². The van der Waals surface area contributed by atoms with Gasteiger partial charge >= 0.3 is 0 Å². The first kappa shape index (κ1) is 20.7. The molecule has 1 saturated heterocycles. The lowest BCUT2D eigenvalue weighted by molar-refractivity contribution is -0.123. The number of hydrogen-bond donors (Lipinski definition) is 1. The third-order valence-electron chi connectivity index (χ3n) is 4.45. The van der Waals surface area contributed by atoms with Crippen molar-refractivity contribution in [2.45, 2.75) is 13.3 Å². The SMILES string of the molecule is Cc1cccc(NC(=O)CCN2C(=O)S/C(=C/c3ccc(N(C)C)cc3)C2=O)c1. The molecule has 0 aliphatic carbocycles. The predicted octanol–water partition coefficient (Wildman–Crippen LogP) is 4.13. The Morgan fingerprint density at radius 2 is 1.86 bits per heavy atom. The minimum atomic E-state index is -0.361. The second-order valence-electron chi connectivity index (χ2n) is 6.99. The van der Waals surface area contributed by atoms with Gasteiger partial charge in [0.25, 0.3) is 11.1 Å². The van der Waals surface area contributed by atoms with Crippen LogP contribution in [0.5, 0.6) is 0 Å². The summed E-state index contributed by atoms with van der Waals surface area (Å²) in [6.07, 6.45) is 1.76. The van der Waals surface area contributed by atoms with Crippen molar-refractivity contribution in [3.05, 3.63) is 64.6 Å². The molecule has 0 atom stereocenters. The minimum Gasteiger partial charge on any atom is -0.378 e. The molecule has 1 aliphatic heterocycles. The van der Waals surface area contributed by atoms with Crippen LogP contribution in [-0.2, 0) is 9.59 Å². The Labute approximate surface area is 174 Å². The second kappa shape index (κ2) is 8.96. The van der Waals surface area contributed by atoms with E-state index in [1.54, 1.807) is 12.1 Å². The smallest absolute Gasteiger partial charge is 0.293 e. The number of nitrogens with one attached hydrogen (secondary N) is 1. The summed E-state index contributed by atoms with van der Waals surface area (Å²) >= 11 is 0.901. The number of carbonyl (C=O) groups excluding carboxylic acids is 3. The first-order valence-electron chi connectivity index (χ1n) is 9.23. The van der Waals surface area contributed by atoms with Crippen LogP contribution in [0.1, 0.15) is 17.5 Å². The van der Waals surface area contributed by atoms with Crippen molar-refractivity contribution in [2.75, 3.05) is 30.9 Å². The molecule has 1 N–H and O–H groups in total. The summed E-state index contributed by atoms with van der Waals surface area (Å²) in [5.41, 5.74) is 3.64. The standard InChI is InChI=1S/C22H23N3O3S/c1-15-5-4-6-17(13-15)23-20(26)11-12-25-21(27)19(29-22(25)28)14-16-7-9-18(10-8-16)24(2)3/h4-10,13-14H,11-12H2,1-3H3,(H,23,26)/b19-14+. The first-order valence-corrected chi connectivity index (χ1v) is 10.0. The van der Waals surface area contributed by atoms with Crippen molar-refractivity contribution in [2.24, 2.45) is 0 Å². The van der Waals surface area contributed by atoms with Gasteiger partial charge in [-0.15, -0.1) is 0 Å². The number of amides is 3. The number of carbonyl (C=O) groups is 3. The van der Waals surface area contributed by atoms with Crippen molar-refractivity contribution in [3.63, 3.8) is 0 Å². The third kappa shape index (κ3) is 5.26. The van der Waals surface area contributed by atoms with E-state index in [9.17, 15) is 14.4 Å². The fourth-order valence-electron chi connectivity index (χ4n) is 2.87. The Morgan fingerprint density at radius 3 is 2.52 bits per heavy atom. The molecule has 150 valence electrons. The molecule has 0 saturated carbocycles. The monoisotopic (exact) mass is 409 g/mol. The Balaban J connectivity index is 1.60. The van der Waals surface area contributed by atoms with Crippen LogP contribution in [-0.4, -0.2) is 42.6 Å². The van der Waals surface area contributed by atoms with Gasteiger partial charge in [-0.1, -0.05) is 24.3 Å². The maximum absolute atomic E-state index is 12.6. The van der Waals surface area contributed by atoms with E-state index in [0.29, 0.717) is 10.6 Å². The molecule has 3 amide bonds. The summed E-state index contributed by atoms with van der Waals surface area (Å²) in [5, 5.41) is 2.44. The molecule has 2 aromatic carbocycles. The highest BCUT2D eigenvalue weighted by Gasteiger charge is 2.35. The quantitative estimate of drug-likeness (QED) is 0.727. The van der Waals surface area contributed by atoms with Gasteiger partial charge in [-0.05, 0) is 60.2 Å². The Bertz CT molecular complexity index is 968. The van der Waals surface area contributed by atoms with E-state index in [4.69, 9.17) is 0 Å². The molecule has 6 nitrogen and oxygen atoms in total. The number of benzene rings is 2. The minimum absolute atomic E-state index is 0.0524. The summed E-state index contributed by atoms with van der Waals surface area (Å²) in [6, 6.07) is 15.2. The van der Waals surface area contributed by atoms with Crippen LogP contribution < -0.4 is 10.2 Å². The maximum atomic E-state index is 12.6. The summed E-state index contributed by atoms with van der Waals surface area (Å²) < 4.78 is 0. The summed E-state index contributed by atoms with van der Waals surface area (Å²) in [5.74, 6) is -0.599. The molecule has 0 aromatic heterocycles. The number of rotatable bonds is 6. The molecule has 1 heterocycles. The van der Waals surface area contributed by atoms with Crippen molar-refractivity contribution in [3.8, 4) is 0 Å². The summed E-state index contributed by atoms with van der Waals surface area (Å²) in [6.45, 7) is 2.00. The van der Waals surface area contributed by atoms with Gasteiger partial charge in [0.15, 0.2) is 0 Å². The van der Waals surface area contributed by atoms with E-state index >= 15 is 0 Å². The van der Waals surface area contributed by atoms with Gasteiger partial charge in [-0.2, -0.15) is 0 Å². The van der Waals surface area contributed by atoms with Gasteiger partial charge in [-0.3, -0.25) is 19.3 Å². The fraction of sp³-hybridized carbons (Fsp3) is 0.227. The average Bonchev–Trinajstić information content (AvgIpc) is 2.93. The topological polar surface area (TPSA) is 69.7 Å². The lowest BCUT2D eigenvalue weighted by Crippen LogP contribution is -2.31. The molecule has 1 fully saturated rings. The van der Waals surface area contributed by atoms with E-state index < -0.39 is 0 Å². The number of anilines is 2. The van der Waals surface area contributed by atoms with Crippen LogP contribution >= 0.6 is 11.8 Å². The van der Waals surface area contributed by atoms with Crippen LogP contribution in [0.15, 0.2) is 53.4 Å². The summed E-state index contributed by atoms with van der Waals surface area (Å²) in [4.78, 5) is 40.5. The van der Waals surface area contributed by atoms with Crippen molar-refractivity contribution in [1.29, 1.82) is 0 Å². The van der Waals surface area contributed by atoms with Crippen molar-refractivity contribution < 1.29 is 14.4 Å². The van der Waals surface area contributed by atoms with Gasteiger partial charge in [0.05, 0.1) is 4.91 Å². The zero-order valence-corrected chi connectivity index (χ0v) is 17.5. The van der Waals surface area contributed by atoms with Crippen molar-refractivity contribution in [1.82, 2.24) is 4.90 Å². The molecule has 1 aliphatic rings. The van der Waals surface area contributed by atoms with Crippen LogP contribution in [0.25, 0.3) is 6.08 Å². The highest BCUT2D eigenvalue weighted by Crippen LogP contribution is 2.32. The molecule has 0 unspecified atom stereocenters. The molecule has 0 spiro atoms. The molecular formula is C22H23N3O3S. The van der Waals surface area contributed by atoms with Gasteiger partial charge in [0, 0.05) is 38.4 Å². The van der Waals surface area contributed by atoms with Gasteiger partial charge in [-0.25, -0.2) is 0 Å². The zero-order chi connectivity index (χ0) is 21.0. The molecule has 0 bridgehead atoms. The number of aryl methyl sites for hydroxylation is 1. The second-order valence-corrected chi connectivity index (χ2v) is 7.98.